The van der Waals surface area contributed by atoms with Crippen molar-refractivity contribution in [2.75, 3.05) is 24.5 Å². The van der Waals surface area contributed by atoms with E-state index in [0.717, 1.165) is 12.1 Å². The fraction of sp³-hybridized carbons (Fsp3) is 0.667. The van der Waals surface area contributed by atoms with Crippen LogP contribution < -0.4 is 10.2 Å². The number of anilines is 1. The first-order valence-electron chi connectivity index (χ1n) is 7.42. The summed E-state index contributed by atoms with van der Waals surface area (Å²) >= 11 is 0. The van der Waals surface area contributed by atoms with Gasteiger partial charge in [-0.05, 0) is 37.9 Å². The number of rotatable bonds is 4. The van der Waals surface area contributed by atoms with Gasteiger partial charge in [-0.15, -0.1) is 0 Å². The van der Waals surface area contributed by atoms with Crippen LogP contribution >= 0.6 is 0 Å². The van der Waals surface area contributed by atoms with Crippen LogP contribution in [0.25, 0.3) is 0 Å². The lowest BCUT2D eigenvalue weighted by molar-refractivity contribution is -0.176. The lowest BCUT2D eigenvalue weighted by Gasteiger charge is -2.34. The van der Waals surface area contributed by atoms with E-state index in [9.17, 15) is 13.2 Å². The molecule has 2 atom stereocenters. The molecule has 0 spiro atoms. The molecule has 2 rings (SSSR count). The SMILES string of the molecule is CCNC(C)c1ccc(N2CCCC(C(F)(F)F)C2)nc1. The molecule has 21 heavy (non-hydrogen) atoms. The van der Waals surface area contributed by atoms with E-state index in [2.05, 4.69) is 10.3 Å². The van der Waals surface area contributed by atoms with Crippen molar-refractivity contribution in [2.45, 2.75) is 38.9 Å². The van der Waals surface area contributed by atoms with E-state index in [1.807, 2.05) is 26.0 Å². The Morgan fingerprint density at radius 3 is 2.76 bits per heavy atom. The van der Waals surface area contributed by atoms with Crippen LogP contribution in [0.1, 0.15) is 38.3 Å². The normalized spacial score (nSPS) is 21.4. The molecule has 1 aliphatic rings. The number of halogens is 3. The zero-order chi connectivity index (χ0) is 15.5. The Kier molecular flexibility index (Phi) is 5.08. The minimum Gasteiger partial charge on any atom is -0.356 e. The highest BCUT2D eigenvalue weighted by Gasteiger charge is 2.42. The number of hydrogen-bond acceptors (Lipinski definition) is 3. The second-order valence-electron chi connectivity index (χ2n) is 5.56. The fourth-order valence-corrected chi connectivity index (χ4v) is 2.72. The molecule has 0 aliphatic carbocycles. The van der Waals surface area contributed by atoms with E-state index in [0.29, 0.717) is 18.8 Å². The smallest absolute Gasteiger partial charge is 0.356 e. The van der Waals surface area contributed by atoms with Gasteiger partial charge in [0.1, 0.15) is 5.82 Å². The summed E-state index contributed by atoms with van der Waals surface area (Å²) in [5, 5.41) is 3.29. The van der Waals surface area contributed by atoms with Crippen molar-refractivity contribution in [1.82, 2.24) is 10.3 Å². The van der Waals surface area contributed by atoms with Gasteiger partial charge in [-0.3, -0.25) is 0 Å². The van der Waals surface area contributed by atoms with Crippen LogP contribution in [0.15, 0.2) is 18.3 Å². The lowest BCUT2D eigenvalue weighted by Crippen LogP contribution is -2.42. The van der Waals surface area contributed by atoms with Crippen molar-refractivity contribution < 1.29 is 13.2 Å². The Balaban J connectivity index is 2.04. The molecule has 6 heteroatoms. The highest BCUT2D eigenvalue weighted by molar-refractivity contribution is 5.40. The Morgan fingerprint density at radius 2 is 2.19 bits per heavy atom. The van der Waals surface area contributed by atoms with E-state index in [-0.39, 0.29) is 19.0 Å². The molecule has 1 fully saturated rings. The maximum Gasteiger partial charge on any atom is 0.393 e. The average Bonchev–Trinajstić information content (AvgIpc) is 2.47. The minimum absolute atomic E-state index is 0.0125. The van der Waals surface area contributed by atoms with Gasteiger partial charge in [-0.25, -0.2) is 4.98 Å². The summed E-state index contributed by atoms with van der Waals surface area (Å²) in [6.45, 7) is 5.59. The summed E-state index contributed by atoms with van der Waals surface area (Å²) in [5.41, 5.74) is 1.05. The molecule has 0 radical (unpaired) electrons. The summed E-state index contributed by atoms with van der Waals surface area (Å²) in [5.74, 6) is -0.607. The number of aromatic nitrogens is 1. The number of alkyl halides is 3. The van der Waals surface area contributed by atoms with Gasteiger partial charge in [-0.1, -0.05) is 13.0 Å². The van der Waals surface area contributed by atoms with Crippen molar-refractivity contribution in [3.8, 4) is 0 Å². The maximum atomic E-state index is 12.8. The summed E-state index contributed by atoms with van der Waals surface area (Å²) in [6, 6.07) is 3.95. The van der Waals surface area contributed by atoms with Gasteiger partial charge in [0.15, 0.2) is 0 Å². The summed E-state index contributed by atoms with van der Waals surface area (Å²) in [4.78, 5) is 6.08. The summed E-state index contributed by atoms with van der Waals surface area (Å²) in [7, 11) is 0. The standard InChI is InChI=1S/C15H22F3N3/c1-3-19-11(2)12-6-7-14(20-9-12)21-8-4-5-13(10-21)15(16,17)18/h6-7,9,11,13,19H,3-5,8,10H2,1-2H3. The fourth-order valence-electron chi connectivity index (χ4n) is 2.72. The highest BCUT2D eigenvalue weighted by Crippen LogP contribution is 2.34. The van der Waals surface area contributed by atoms with Crippen LogP contribution in [0.2, 0.25) is 0 Å². The zero-order valence-corrected chi connectivity index (χ0v) is 12.5. The van der Waals surface area contributed by atoms with E-state index >= 15 is 0 Å². The molecular weight excluding hydrogens is 279 g/mol. The zero-order valence-electron chi connectivity index (χ0n) is 12.5. The highest BCUT2D eigenvalue weighted by atomic mass is 19.4. The molecule has 1 aromatic heterocycles. The van der Waals surface area contributed by atoms with Crippen LogP contribution in [0.4, 0.5) is 19.0 Å². The topological polar surface area (TPSA) is 28.2 Å². The maximum absolute atomic E-state index is 12.8. The van der Waals surface area contributed by atoms with Gasteiger partial charge in [0.05, 0.1) is 5.92 Å². The van der Waals surface area contributed by atoms with Gasteiger partial charge in [0, 0.05) is 25.3 Å². The number of pyridine rings is 1. The van der Waals surface area contributed by atoms with Crippen LogP contribution in [0, 0.1) is 5.92 Å². The molecule has 0 aromatic carbocycles. The van der Waals surface area contributed by atoms with Gasteiger partial charge in [0.25, 0.3) is 0 Å². The van der Waals surface area contributed by atoms with Crippen molar-refractivity contribution in [2.24, 2.45) is 5.92 Å². The summed E-state index contributed by atoms with van der Waals surface area (Å²) < 4.78 is 38.5. The Hall–Kier alpha value is -1.30. The van der Waals surface area contributed by atoms with Crippen LogP contribution in [0.3, 0.4) is 0 Å². The molecule has 2 unspecified atom stereocenters. The average molecular weight is 301 g/mol. The van der Waals surface area contributed by atoms with Crippen LogP contribution in [-0.4, -0.2) is 30.8 Å². The number of piperidine rings is 1. The van der Waals surface area contributed by atoms with Crippen molar-refractivity contribution in [1.29, 1.82) is 0 Å². The van der Waals surface area contributed by atoms with Crippen LogP contribution in [0.5, 0.6) is 0 Å². The third-order valence-corrected chi connectivity index (χ3v) is 3.99. The van der Waals surface area contributed by atoms with E-state index < -0.39 is 12.1 Å². The molecular formula is C15H22F3N3. The molecule has 118 valence electrons. The molecule has 3 nitrogen and oxygen atoms in total. The van der Waals surface area contributed by atoms with Crippen molar-refractivity contribution in [3.63, 3.8) is 0 Å². The van der Waals surface area contributed by atoms with E-state index in [1.165, 1.54) is 0 Å². The second-order valence-corrected chi connectivity index (χ2v) is 5.56. The van der Waals surface area contributed by atoms with Gasteiger partial charge >= 0.3 is 6.18 Å². The predicted molar refractivity (Wildman–Crippen MR) is 77.3 cm³/mol. The van der Waals surface area contributed by atoms with Crippen molar-refractivity contribution >= 4 is 5.82 Å². The van der Waals surface area contributed by atoms with Crippen LogP contribution in [-0.2, 0) is 0 Å². The molecule has 2 heterocycles. The second kappa shape index (κ2) is 6.64. The summed E-state index contributed by atoms with van der Waals surface area (Å²) in [6.07, 6.45) is -1.59. The monoisotopic (exact) mass is 301 g/mol. The first-order chi connectivity index (χ1) is 9.91. The molecule has 0 bridgehead atoms. The van der Waals surface area contributed by atoms with Crippen molar-refractivity contribution in [3.05, 3.63) is 23.9 Å². The minimum atomic E-state index is -4.11. The largest absolute Gasteiger partial charge is 0.393 e. The quantitative estimate of drug-likeness (QED) is 0.922. The first kappa shape index (κ1) is 16.1. The molecule has 0 amide bonds. The Bertz CT molecular complexity index is 444. The third kappa shape index (κ3) is 4.09. The number of hydrogen-bond donors (Lipinski definition) is 1. The molecule has 0 saturated carbocycles. The number of nitrogens with zero attached hydrogens (tertiary/aromatic N) is 2. The Morgan fingerprint density at radius 1 is 1.43 bits per heavy atom. The number of nitrogens with one attached hydrogen (secondary N) is 1. The van der Waals surface area contributed by atoms with Gasteiger partial charge in [-0.2, -0.15) is 13.2 Å². The first-order valence-corrected chi connectivity index (χ1v) is 7.42. The molecule has 1 N–H and O–H groups in total. The van der Waals surface area contributed by atoms with E-state index in [1.54, 1.807) is 11.1 Å². The molecule has 1 aromatic rings. The third-order valence-electron chi connectivity index (χ3n) is 3.99. The van der Waals surface area contributed by atoms with Gasteiger partial charge in [0.2, 0.25) is 0 Å². The predicted octanol–water partition coefficient (Wildman–Crippen LogP) is 3.53. The molecule has 1 saturated heterocycles. The van der Waals surface area contributed by atoms with Gasteiger partial charge < -0.3 is 10.2 Å². The lowest BCUT2D eigenvalue weighted by atomic mass is 9.97. The molecule has 1 aliphatic heterocycles. The Labute approximate surface area is 123 Å². The van der Waals surface area contributed by atoms with E-state index in [4.69, 9.17) is 0 Å².